The average molecular weight is 2580 g/mol. The van der Waals surface area contributed by atoms with Gasteiger partial charge in [0, 0.05) is 151 Å². The van der Waals surface area contributed by atoms with Crippen molar-refractivity contribution in [3.8, 4) is 101 Å². The van der Waals surface area contributed by atoms with Gasteiger partial charge in [0.05, 0.1) is 45.1 Å². The van der Waals surface area contributed by atoms with Gasteiger partial charge in [0.1, 0.15) is 23.0 Å². The first kappa shape index (κ1) is 116. The van der Waals surface area contributed by atoms with Crippen molar-refractivity contribution in [3.05, 3.63) is 384 Å². The molecule has 0 aliphatic carbocycles. The molecule has 0 fully saturated rings. The van der Waals surface area contributed by atoms with E-state index in [1.165, 1.54) is 135 Å². The summed E-state index contributed by atoms with van der Waals surface area (Å²) in [6.45, 7) is 40.2. The van der Waals surface area contributed by atoms with E-state index in [1.807, 2.05) is 164 Å². The molecule has 8 heterocycles. The largest absolute Gasteiger partial charge is 0.512 e. The van der Waals surface area contributed by atoms with Gasteiger partial charge in [0.25, 0.3) is 0 Å². The van der Waals surface area contributed by atoms with Crippen LogP contribution in [0.15, 0.2) is 338 Å². The molecule has 20 heteroatoms. The Morgan fingerprint density at radius 1 is 0.300 bits per heavy atom. The van der Waals surface area contributed by atoms with E-state index in [-0.39, 0.29) is 132 Å². The van der Waals surface area contributed by atoms with Crippen LogP contribution in [0.4, 0.5) is 0 Å². The number of ketones is 4. The zero-order valence-corrected chi connectivity index (χ0v) is 92.4. The average Bonchev–Trinajstić information content (AvgIpc) is 1.58. The Bertz CT molecular complexity index is 6860. The van der Waals surface area contributed by atoms with Gasteiger partial charge in [-0.05, 0) is 208 Å². The number of hydrogen-bond acceptors (Lipinski definition) is 16. The Hall–Kier alpha value is -12.8. The molecule has 8 aromatic heterocycles. The molecule has 140 heavy (non-hydrogen) atoms. The van der Waals surface area contributed by atoms with Gasteiger partial charge in [0.15, 0.2) is 45.5 Å². The fourth-order valence-corrected chi connectivity index (χ4v) is 14.8. The maximum Gasteiger partial charge on any atom is 0.155 e. The van der Waals surface area contributed by atoms with E-state index in [0.29, 0.717) is 23.7 Å². The number of aliphatic hydroxyl groups is 4. The van der Waals surface area contributed by atoms with Crippen molar-refractivity contribution >= 4 is 67.5 Å². The van der Waals surface area contributed by atoms with Gasteiger partial charge in [-0.3, -0.25) is 39.1 Å². The van der Waals surface area contributed by atoms with E-state index in [0.717, 1.165) is 129 Å². The van der Waals surface area contributed by atoms with Crippen molar-refractivity contribution in [2.24, 2.45) is 0 Å². The minimum atomic E-state index is -0.125. The second-order valence-corrected chi connectivity index (χ2v) is 35.4. The Morgan fingerprint density at radius 3 is 0.829 bits per heavy atom. The van der Waals surface area contributed by atoms with Crippen LogP contribution in [-0.2, 0) is 105 Å². The van der Waals surface area contributed by atoms with Crippen LogP contribution in [0.25, 0.3) is 146 Å². The van der Waals surface area contributed by atoms with E-state index in [2.05, 4.69) is 223 Å². The summed E-state index contributed by atoms with van der Waals surface area (Å²) in [5, 5.41) is 33.5. The topological polar surface area (TPSA) is 253 Å². The molecule has 0 aliphatic heterocycles. The number of rotatable bonds is 17. The third kappa shape index (κ3) is 34.3. The molecule has 4 radical (unpaired) electrons. The standard InChI is InChI=1S/C27H20NO.2C25H24NO.C23H20NO.4C5H8O2.4Ir/c1-18-7-6-8-19(2)27(18)22-13-11-21(12-14-22)26-17-24-25(29-26)16-15-23(28-24)20-9-4-3-5-10-20;1-16(2)19-11-8-12-20(17(3)4)25(19)24-15-22-23(27-24)14-13-21(26-22)18-9-6-5-7-10-18;1-16(2)19-12-20(17(3)4)14-21(13-19)25-15-23-24(27-25)11-10-22(26-23)18-8-6-5-7-9-18;1-23(2,3)18-11-9-17(10-12-18)22-15-20-21(25-22)14-13-19(24-20)16-7-5-4-6-8-16;4*1-4(6)3-5(2)7;;;;/h3-9,11-17H,1-2H3;5-9,11-17H,1-4H3;5-8,10-17H,1-4H3;4-7,9-15H,1-3H3;4*3,6H,1-2H3;;;;/q4*-1;;;;;;;;. The molecule has 17 aromatic rings. The second kappa shape index (κ2) is 55.2. The molecule has 0 aliphatic rings. The summed E-state index contributed by atoms with van der Waals surface area (Å²) in [5.74, 6) is 5.00. The van der Waals surface area contributed by atoms with Crippen molar-refractivity contribution in [2.45, 2.75) is 174 Å². The van der Waals surface area contributed by atoms with Crippen LogP contribution in [0.5, 0.6) is 0 Å². The summed E-state index contributed by atoms with van der Waals surface area (Å²) in [7, 11) is 0. The van der Waals surface area contributed by atoms with E-state index < -0.39 is 0 Å². The van der Waals surface area contributed by atoms with Gasteiger partial charge < -0.3 is 38.1 Å². The number of fused-ring (bicyclic) bond motifs is 4. The fourth-order valence-electron chi connectivity index (χ4n) is 14.8. The predicted octanol–water partition coefficient (Wildman–Crippen LogP) is 32.1. The van der Waals surface area contributed by atoms with Crippen LogP contribution >= 0.6 is 0 Å². The van der Waals surface area contributed by atoms with Crippen LogP contribution < -0.4 is 0 Å². The summed E-state index contributed by atoms with van der Waals surface area (Å²) >= 11 is 0. The van der Waals surface area contributed by atoms with Crippen LogP contribution in [0.2, 0.25) is 0 Å². The Morgan fingerprint density at radius 2 is 0.571 bits per heavy atom. The summed E-state index contributed by atoms with van der Waals surface area (Å²) in [5.41, 5.74) is 30.6. The molecule has 0 amide bonds. The maximum atomic E-state index is 10.0. The predicted molar refractivity (Wildman–Crippen MR) is 553 cm³/mol. The second-order valence-electron chi connectivity index (χ2n) is 35.4. The quantitative estimate of drug-likeness (QED) is 0.0376. The minimum Gasteiger partial charge on any atom is -0.512 e. The van der Waals surface area contributed by atoms with E-state index >= 15 is 0 Å². The first-order chi connectivity index (χ1) is 64.7. The number of aryl methyl sites for hydroxylation is 2. The third-order valence-corrected chi connectivity index (χ3v) is 21.3. The number of pyridine rings is 4. The number of aromatic nitrogens is 4. The van der Waals surface area contributed by atoms with Crippen molar-refractivity contribution in [1.82, 2.24) is 19.9 Å². The molecule has 0 atom stereocenters. The van der Waals surface area contributed by atoms with Crippen LogP contribution in [0.3, 0.4) is 0 Å². The molecule has 0 unspecified atom stereocenters. The first-order valence-electron chi connectivity index (χ1n) is 45.3. The monoisotopic (exact) mass is 2580 g/mol. The molecule has 0 saturated heterocycles. The number of furan rings is 4. The first-order valence-corrected chi connectivity index (χ1v) is 45.3. The maximum absolute atomic E-state index is 10.0. The number of nitrogens with zero attached hydrogens (tertiary/aromatic N) is 4. The zero-order valence-electron chi connectivity index (χ0n) is 82.8. The van der Waals surface area contributed by atoms with E-state index in [1.54, 1.807) is 0 Å². The molecule has 9 aromatic carbocycles. The Kier molecular flexibility index (Phi) is 45.7. The molecule has 0 saturated carbocycles. The number of carbonyl (C=O) groups excluding carboxylic acids is 4. The summed E-state index contributed by atoms with van der Waals surface area (Å²) < 4.78 is 24.5. The molecular formula is C120H120Ir4N4O12-4. The molecule has 0 bridgehead atoms. The normalized spacial score (nSPS) is 11.2. The van der Waals surface area contributed by atoms with Gasteiger partial charge in [-0.2, -0.15) is 0 Å². The van der Waals surface area contributed by atoms with Gasteiger partial charge in [-0.1, -0.05) is 191 Å². The van der Waals surface area contributed by atoms with Crippen molar-refractivity contribution < 1.29 is 138 Å². The van der Waals surface area contributed by atoms with E-state index in [9.17, 15) is 19.2 Å². The Balaban J connectivity index is 0.000000259. The van der Waals surface area contributed by atoms with Gasteiger partial charge >= 0.3 is 0 Å². The Labute approximate surface area is 877 Å². The van der Waals surface area contributed by atoms with E-state index in [4.69, 9.17) is 58.0 Å². The molecule has 16 nitrogen and oxygen atoms in total. The van der Waals surface area contributed by atoms with Gasteiger partial charge in [0.2, 0.25) is 0 Å². The smallest absolute Gasteiger partial charge is 0.155 e. The minimum absolute atomic E-state index is 0. The van der Waals surface area contributed by atoms with Crippen LogP contribution in [-0.4, -0.2) is 63.5 Å². The molecule has 732 valence electrons. The number of benzene rings is 9. The molecule has 0 spiro atoms. The molecule has 4 N–H and O–H groups in total. The van der Waals surface area contributed by atoms with Gasteiger partial charge in [-0.25, -0.2) is 0 Å². The van der Waals surface area contributed by atoms with Crippen LogP contribution in [0.1, 0.15) is 194 Å². The summed E-state index contributed by atoms with van der Waals surface area (Å²) in [6.07, 6.45) is 4.67. The third-order valence-electron chi connectivity index (χ3n) is 21.3. The fraction of sp³-hybridized carbons (Fsp3) is 0.217. The molecular weight excluding hydrogens is 2460 g/mol. The summed E-state index contributed by atoms with van der Waals surface area (Å²) in [6, 6.07) is 105. The van der Waals surface area contributed by atoms with Crippen molar-refractivity contribution in [2.75, 3.05) is 0 Å². The number of allylic oxidation sites excluding steroid dienone is 8. The zero-order chi connectivity index (χ0) is 98.6. The SMILES string of the molecule is CC(=O)C=C(C)O.CC(=O)C=C(C)O.CC(=O)C=C(C)O.CC(=O)C=C(C)O.CC(C)(C)c1ccc(-c2cc3nc(-c4[c-]cccc4)ccc3o2)cc1.CC(C)c1cc(-c2cc3nc(-c4[c-]cccc4)ccc3o2)cc(C(C)C)c1.CC(C)c1cccc(C(C)C)c1-c1cc2nc(-c3[c-]cccc3)ccc2o1.Cc1cccc(C)c1-c1ccc(-c2cc3nc(-c4[c-]cccc4)ccc3o2)cc1.[Ir].[Ir].[Ir].[Ir]. The molecule has 17 rings (SSSR count). The number of hydrogen-bond donors (Lipinski definition) is 4. The summed E-state index contributed by atoms with van der Waals surface area (Å²) in [4.78, 5) is 59.1. The number of aliphatic hydroxyl groups excluding tert-OH is 4. The van der Waals surface area contributed by atoms with Crippen molar-refractivity contribution in [1.29, 1.82) is 0 Å². The van der Waals surface area contributed by atoms with Crippen molar-refractivity contribution in [3.63, 3.8) is 0 Å². The van der Waals surface area contributed by atoms with Crippen LogP contribution in [0, 0.1) is 38.1 Å². The van der Waals surface area contributed by atoms with Gasteiger partial charge in [-0.15, -0.1) is 144 Å². The number of carbonyl (C=O) groups is 4.